The first-order chi connectivity index (χ1) is 10.1. The maximum absolute atomic E-state index is 12.2. The first-order valence-corrected chi connectivity index (χ1v) is 7.71. The summed E-state index contributed by atoms with van der Waals surface area (Å²) in [6, 6.07) is 1.69. The second-order valence-corrected chi connectivity index (χ2v) is 5.82. The standard InChI is InChI=1S/C15H18N2O3S/c1-16(10-14(19)17-6-2-3-7-17)15(20)12-9-13(21-11-12)5-4-8-18/h9,11,18H,2-3,6-8,10H2,1H3. The summed E-state index contributed by atoms with van der Waals surface area (Å²) in [6.07, 6.45) is 2.08. The summed E-state index contributed by atoms with van der Waals surface area (Å²) >= 11 is 1.35. The molecule has 0 aliphatic carbocycles. The number of likely N-dealkylation sites (tertiary alicyclic amines) is 1. The van der Waals surface area contributed by atoms with Gasteiger partial charge in [0.05, 0.1) is 17.0 Å². The summed E-state index contributed by atoms with van der Waals surface area (Å²) in [6.45, 7) is 1.48. The van der Waals surface area contributed by atoms with Gasteiger partial charge in [0.25, 0.3) is 5.91 Å². The number of hydrogen-bond donors (Lipinski definition) is 1. The largest absolute Gasteiger partial charge is 0.384 e. The highest BCUT2D eigenvalue weighted by Gasteiger charge is 2.22. The molecule has 2 rings (SSSR count). The van der Waals surface area contributed by atoms with Crippen LogP contribution in [0.1, 0.15) is 28.1 Å². The second kappa shape index (κ2) is 7.25. The van der Waals surface area contributed by atoms with E-state index >= 15 is 0 Å². The number of aliphatic hydroxyl groups is 1. The van der Waals surface area contributed by atoms with Crippen molar-refractivity contribution < 1.29 is 14.7 Å². The molecule has 0 atom stereocenters. The summed E-state index contributed by atoms with van der Waals surface area (Å²) < 4.78 is 0. The van der Waals surface area contributed by atoms with Gasteiger partial charge in [-0.25, -0.2) is 0 Å². The molecule has 1 aromatic rings. The fourth-order valence-corrected chi connectivity index (χ4v) is 2.95. The predicted molar refractivity (Wildman–Crippen MR) is 81.1 cm³/mol. The number of likely N-dealkylation sites (N-methyl/N-ethyl adjacent to an activating group) is 1. The van der Waals surface area contributed by atoms with Gasteiger partial charge >= 0.3 is 0 Å². The van der Waals surface area contributed by atoms with E-state index in [1.807, 2.05) is 0 Å². The Balaban J connectivity index is 1.95. The Labute approximate surface area is 128 Å². The highest BCUT2D eigenvalue weighted by Crippen LogP contribution is 2.15. The quantitative estimate of drug-likeness (QED) is 0.840. The van der Waals surface area contributed by atoms with E-state index in [4.69, 9.17) is 5.11 Å². The number of carbonyl (C=O) groups excluding carboxylic acids is 2. The maximum atomic E-state index is 12.2. The Kier molecular flexibility index (Phi) is 5.37. The average Bonchev–Trinajstić information content (AvgIpc) is 3.15. The zero-order valence-electron chi connectivity index (χ0n) is 12.0. The number of hydrogen-bond acceptors (Lipinski definition) is 4. The van der Waals surface area contributed by atoms with E-state index in [1.165, 1.54) is 16.2 Å². The molecule has 6 heteroatoms. The van der Waals surface area contributed by atoms with Crippen molar-refractivity contribution in [1.29, 1.82) is 0 Å². The van der Waals surface area contributed by atoms with E-state index in [9.17, 15) is 9.59 Å². The molecule has 0 spiro atoms. The summed E-state index contributed by atoms with van der Waals surface area (Å²) in [5.41, 5.74) is 0.527. The number of thiophene rings is 1. The van der Waals surface area contributed by atoms with Crippen LogP contribution in [0.25, 0.3) is 0 Å². The van der Waals surface area contributed by atoms with E-state index < -0.39 is 0 Å². The minimum Gasteiger partial charge on any atom is -0.384 e. The molecule has 0 unspecified atom stereocenters. The predicted octanol–water partition coefficient (Wildman–Crippen LogP) is 0.786. The normalized spacial score (nSPS) is 13.7. The maximum Gasteiger partial charge on any atom is 0.254 e. The van der Waals surface area contributed by atoms with Crippen LogP contribution in [0.15, 0.2) is 11.4 Å². The van der Waals surface area contributed by atoms with Crippen LogP contribution >= 0.6 is 11.3 Å². The van der Waals surface area contributed by atoms with E-state index in [1.54, 1.807) is 23.4 Å². The number of carbonyl (C=O) groups is 2. The molecule has 0 radical (unpaired) electrons. The lowest BCUT2D eigenvalue weighted by Gasteiger charge is -2.21. The molecular weight excluding hydrogens is 288 g/mol. The third-order valence-electron chi connectivity index (χ3n) is 3.31. The first-order valence-electron chi connectivity index (χ1n) is 6.83. The van der Waals surface area contributed by atoms with Crippen LogP contribution in [0.5, 0.6) is 0 Å². The molecule has 1 saturated heterocycles. The number of rotatable bonds is 3. The Morgan fingerprint density at radius 2 is 2.14 bits per heavy atom. The molecule has 0 bridgehead atoms. The van der Waals surface area contributed by atoms with Gasteiger partial charge in [0, 0.05) is 25.5 Å². The fraction of sp³-hybridized carbons (Fsp3) is 0.467. The molecule has 1 fully saturated rings. The summed E-state index contributed by atoms with van der Waals surface area (Å²) in [5, 5.41) is 10.4. The fourth-order valence-electron chi connectivity index (χ4n) is 2.20. The van der Waals surface area contributed by atoms with Crippen LogP contribution in [-0.4, -0.2) is 60.0 Å². The van der Waals surface area contributed by atoms with Crippen molar-refractivity contribution >= 4 is 23.2 Å². The zero-order valence-corrected chi connectivity index (χ0v) is 12.8. The lowest BCUT2D eigenvalue weighted by atomic mass is 10.2. The SMILES string of the molecule is CN(CC(=O)N1CCCC1)C(=O)c1csc(C#CCO)c1. The molecule has 2 heterocycles. The van der Waals surface area contributed by atoms with Crippen LogP contribution < -0.4 is 0 Å². The van der Waals surface area contributed by atoms with Gasteiger partial charge < -0.3 is 14.9 Å². The highest BCUT2D eigenvalue weighted by molar-refractivity contribution is 7.10. The van der Waals surface area contributed by atoms with Crippen molar-refractivity contribution in [2.24, 2.45) is 0 Å². The van der Waals surface area contributed by atoms with Crippen molar-refractivity contribution in [3.05, 3.63) is 21.9 Å². The monoisotopic (exact) mass is 306 g/mol. The lowest BCUT2D eigenvalue weighted by Crippen LogP contribution is -2.39. The number of nitrogens with zero attached hydrogens (tertiary/aromatic N) is 2. The summed E-state index contributed by atoms with van der Waals surface area (Å²) in [7, 11) is 1.63. The lowest BCUT2D eigenvalue weighted by molar-refractivity contribution is -0.130. The van der Waals surface area contributed by atoms with Crippen LogP contribution in [-0.2, 0) is 4.79 Å². The molecule has 1 aliphatic rings. The molecule has 112 valence electrons. The zero-order chi connectivity index (χ0) is 15.2. The molecule has 1 N–H and O–H groups in total. The van der Waals surface area contributed by atoms with Gasteiger partial charge in [-0.1, -0.05) is 11.8 Å². The highest BCUT2D eigenvalue weighted by atomic mass is 32.1. The van der Waals surface area contributed by atoms with Crippen molar-refractivity contribution in [3.63, 3.8) is 0 Å². The van der Waals surface area contributed by atoms with Gasteiger partial charge in [-0.3, -0.25) is 9.59 Å². The van der Waals surface area contributed by atoms with E-state index in [2.05, 4.69) is 11.8 Å². The molecule has 0 aromatic carbocycles. The molecule has 0 saturated carbocycles. The number of amides is 2. The van der Waals surface area contributed by atoms with Gasteiger partial charge in [-0.05, 0) is 18.9 Å². The van der Waals surface area contributed by atoms with Gasteiger partial charge in [0.1, 0.15) is 6.61 Å². The first kappa shape index (κ1) is 15.5. The minimum absolute atomic E-state index is 0.00104. The van der Waals surface area contributed by atoms with Crippen molar-refractivity contribution in [3.8, 4) is 11.8 Å². The van der Waals surface area contributed by atoms with Crippen molar-refractivity contribution in [2.45, 2.75) is 12.8 Å². The minimum atomic E-state index is -0.203. The Bertz CT molecular complexity index is 579. The van der Waals surface area contributed by atoms with E-state index in [-0.39, 0.29) is 25.0 Å². The smallest absolute Gasteiger partial charge is 0.254 e. The second-order valence-electron chi connectivity index (χ2n) is 4.91. The molecular formula is C15H18N2O3S. The summed E-state index contributed by atoms with van der Waals surface area (Å²) in [4.78, 5) is 28.2. The van der Waals surface area contributed by atoms with Gasteiger partial charge in [-0.15, -0.1) is 11.3 Å². The van der Waals surface area contributed by atoms with Gasteiger partial charge in [-0.2, -0.15) is 0 Å². The van der Waals surface area contributed by atoms with Gasteiger partial charge in [0.15, 0.2) is 0 Å². The topological polar surface area (TPSA) is 60.9 Å². The van der Waals surface area contributed by atoms with Gasteiger partial charge in [0.2, 0.25) is 5.91 Å². The van der Waals surface area contributed by atoms with Crippen LogP contribution in [0.3, 0.4) is 0 Å². The molecule has 1 aliphatic heterocycles. The molecule has 1 aromatic heterocycles. The van der Waals surface area contributed by atoms with Crippen LogP contribution in [0, 0.1) is 11.8 Å². The molecule has 2 amide bonds. The van der Waals surface area contributed by atoms with Crippen molar-refractivity contribution in [1.82, 2.24) is 9.80 Å². The third-order valence-corrected chi connectivity index (χ3v) is 4.16. The van der Waals surface area contributed by atoms with E-state index in [0.29, 0.717) is 5.56 Å². The number of aliphatic hydroxyl groups excluding tert-OH is 1. The Hall–Kier alpha value is -1.84. The van der Waals surface area contributed by atoms with Crippen LogP contribution in [0.4, 0.5) is 0 Å². The van der Waals surface area contributed by atoms with Crippen LogP contribution in [0.2, 0.25) is 0 Å². The Morgan fingerprint density at radius 3 is 2.81 bits per heavy atom. The van der Waals surface area contributed by atoms with Crippen molar-refractivity contribution in [2.75, 3.05) is 33.3 Å². The molecule has 5 nitrogen and oxygen atoms in total. The third kappa shape index (κ3) is 4.06. The average molecular weight is 306 g/mol. The Morgan fingerprint density at radius 1 is 1.43 bits per heavy atom. The summed E-state index contributed by atoms with van der Waals surface area (Å²) in [5.74, 6) is 5.13. The molecule has 21 heavy (non-hydrogen) atoms. The van der Waals surface area contributed by atoms with E-state index in [0.717, 1.165) is 30.8 Å².